The molecule has 0 aliphatic rings. The Morgan fingerprint density at radius 2 is 1.81 bits per heavy atom. The lowest BCUT2D eigenvalue weighted by Gasteiger charge is -2.13. The lowest BCUT2D eigenvalue weighted by molar-refractivity contribution is 0.648. The number of aromatic nitrogens is 1. The third kappa shape index (κ3) is 3.11. The van der Waals surface area contributed by atoms with Crippen LogP contribution in [0.15, 0.2) is 60.8 Å². The molecule has 3 rings (SSSR count). The normalized spacial score (nSPS) is 12.5. The summed E-state index contributed by atoms with van der Waals surface area (Å²) in [5, 5.41) is 1.15. The van der Waals surface area contributed by atoms with E-state index in [2.05, 4.69) is 48.3 Å². The average molecular weight is 276 g/mol. The van der Waals surface area contributed by atoms with Gasteiger partial charge in [-0.25, -0.2) is 0 Å². The van der Waals surface area contributed by atoms with Crippen LogP contribution >= 0.6 is 0 Å². The Morgan fingerprint density at radius 1 is 1.05 bits per heavy atom. The molecule has 1 unspecified atom stereocenters. The number of hydrogen-bond acceptors (Lipinski definition) is 2. The number of fused-ring (bicyclic) bond motifs is 1. The lowest BCUT2D eigenvalue weighted by atomic mass is 9.97. The number of nitrogens with zero attached hydrogens (tertiary/aromatic N) is 1. The summed E-state index contributed by atoms with van der Waals surface area (Å²) in [6.45, 7) is 2.15. The zero-order chi connectivity index (χ0) is 14.7. The van der Waals surface area contributed by atoms with Crippen molar-refractivity contribution in [3.05, 3.63) is 77.5 Å². The van der Waals surface area contributed by atoms with Gasteiger partial charge >= 0.3 is 0 Å². The molecule has 0 spiro atoms. The van der Waals surface area contributed by atoms with Gasteiger partial charge in [0.1, 0.15) is 0 Å². The van der Waals surface area contributed by atoms with Gasteiger partial charge in [0.25, 0.3) is 0 Å². The van der Waals surface area contributed by atoms with Gasteiger partial charge in [0.15, 0.2) is 0 Å². The predicted molar refractivity (Wildman–Crippen MR) is 88.2 cm³/mol. The molecule has 0 saturated heterocycles. The molecule has 3 aromatic rings. The van der Waals surface area contributed by atoms with Gasteiger partial charge in [0.05, 0.1) is 5.52 Å². The number of aryl methyl sites for hydroxylation is 2. The maximum Gasteiger partial charge on any atom is 0.0702 e. The molecule has 2 N–H and O–H groups in total. The average Bonchev–Trinajstić information content (AvgIpc) is 2.53. The first-order chi connectivity index (χ1) is 10.2. The molecule has 0 saturated carbocycles. The second-order valence-corrected chi connectivity index (χ2v) is 5.53. The number of para-hydroxylation sites is 1. The Bertz CT molecular complexity index is 749. The SMILES string of the molecule is Cc1ccccc1CCC(N)c1cnc2ccccc2c1. The van der Waals surface area contributed by atoms with Gasteiger partial charge in [-0.05, 0) is 48.6 Å². The molecule has 0 bridgehead atoms. The smallest absolute Gasteiger partial charge is 0.0702 e. The van der Waals surface area contributed by atoms with Gasteiger partial charge in [-0.2, -0.15) is 0 Å². The minimum absolute atomic E-state index is 0.0294. The summed E-state index contributed by atoms with van der Waals surface area (Å²) >= 11 is 0. The molecule has 21 heavy (non-hydrogen) atoms. The molecular formula is C19H20N2. The van der Waals surface area contributed by atoms with E-state index in [0.29, 0.717) is 0 Å². The Kier molecular flexibility index (Phi) is 3.98. The molecule has 1 aromatic heterocycles. The Morgan fingerprint density at radius 3 is 2.67 bits per heavy atom. The minimum atomic E-state index is 0.0294. The zero-order valence-electron chi connectivity index (χ0n) is 12.3. The van der Waals surface area contributed by atoms with Crippen LogP contribution in [0.3, 0.4) is 0 Å². The fraction of sp³-hybridized carbons (Fsp3) is 0.211. The van der Waals surface area contributed by atoms with Crippen molar-refractivity contribution in [3.8, 4) is 0 Å². The van der Waals surface area contributed by atoms with Gasteiger partial charge < -0.3 is 5.73 Å². The van der Waals surface area contributed by atoms with Crippen LogP contribution in [0.5, 0.6) is 0 Å². The summed E-state index contributed by atoms with van der Waals surface area (Å²) in [6.07, 6.45) is 3.84. The Hall–Kier alpha value is -2.19. The second kappa shape index (κ2) is 6.06. The van der Waals surface area contributed by atoms with Gasteiger partial charge in [-0.1, -0.05) is 42.5 Å². The number of rotatable bonds is 4. The van der Waals surface area contributed by atoms with Crippen molar-refractivity contribution in [1.29, 1.82) is 0 Å². The summed E-state index contributed by atoms with van der Waals surface area (Å²) in [5.41, 5.74) is 11.2. The van der Waals surface area contributed by atoms with Gasteiger partial charge in [-0.15, -0.1) is 0 Å². The van der Waals surface area contributed by atoms with E-state index in [4.69, 9.17) is 5.73 Å². The largest absolute Gasteiger partial charge is 0.324 e. The Labute approximate surface area is 125 Å². The van der Waals surface area contributed by atoms with Crippen molar-refractivity contribution >= 4 is 10.9 Å². The van der Waals surface area contributed by atoms with E-state index in [9.17, 15) is 0 Å². The van der Waals surface area contributed by atoms with Crippen LogP contribution in [0.2, 0.25) is 0 Å². The first-order valence-corrected chi connectivity index (χ1v) is 7.39. The number of nitrogens with two attached hydrogens (primary N) is 1. The first-order valence-electron chi connectivity index (χ1n) is 7.39. The van der Waals surface area contributed by atoms with Crippen LogP contribution in [0, 0.1) is 6.92 Å². The molecule has 0 aliphatic heterocycles. The number of benzene rings is 2. The van der Waals surface area contributed by atoms with Crippen LogP contribution < -0.4 is 5.73 Å². The monoisotopic (exact) mass is 276 g/mol. The van der Waals surface area contributed by atoms with E-state index in [-0.39, 0.29) is 6.04 Å². The Balaban J connectivity index is 1.75. The van der Waals surface area contributed by atoms with E-state index in [1.165, 1.54) is 11.1 Å². The highest BCUT2D eigenvalue weighted by Crippen LogP contribution is 2.21. The summed E-state index contributed by atoms with van der Waals surface area (Å²) in [6, 6.07) is 18.8. The lowest BCUT2D eigenvalue weighted by Crippen LogP contribution is -2.12. The van der Waals surface area contributed by atoms with E-state index in [0.717, 1.165) is 29.3 Å². The van der Waals surface area contributed by atoms with Crippen LogP contribution in [0.4, 0.5) is 0 Å². The van der Waals surface area contributed by atoms with Crippen molar-refractivity contribution in [1.82, 2.24) is 4.98 Å². The van der Waals surface area contributed by atoms with Crippen LogP contribution in [-0.4, -0.2) is 4.98 Å². The third-order valence-corrected chi connectivity index (χ3v) is 4.03. The molecule has 1 atom stereocenters. The zero-order valence-corrected chi connectivity index (χ0v) is 12.3. The first kappa shape index (κ1) is 13.8. The summed E-state index contributed by atoms with van der Waals surface area (Å²) < 4.78 is 0. The van der Waals surface area contributed by atoms with E-state index >= 15 is 0 Å². The highest BCUT2D eigenvalue weighted by Gasteiger charge is 2.08. The standard InChI is InChI=1S/C19H20N2/c1-14-6-2-3-7-15(14)10-11-18(20)17-12-16-8-4-5-9-19(16)21-13-17/h2-9,12-13,18H,10-11,20H2,1H3. The molecule has 106 valence electrons. The van der Waals surface area contributed by atoms with Gasteiger partial charge in [0.2, 0.25) is 0 Å². The third-order valence-electron chi connectivity index (χ3n) is 4.03. The number of pyridine rings is 1. The maximum absolute atomic E-state index is 6.34. The van der Waals surface area contributed by atoms with Crippen LogP contribution in [0.25, 0.3) is 10.9 Å². The molecule has 2 aromatic carbocycles. The fourth-order valence-corrected chi connectivity index (χ4v) is 2.66. The predicted octanol–water partition coefficient (Wildman–Crippen LogP) is 4.18. The minimum Gasteiger partial charge on any atom is -0.324 e. The molecule has 0 amide bonds. The quantitative estimate of drug-likeness (QED) is 0.776. The second-order valence-electron chi connectivity index (χ2n) is 5.53. The van der Waals surface area contributed by atoms with Crippen molar-refractivity contribution < 1.29 is 0 Å². The molecule has 2 nitrogen and oxygen atoms in total. The summed E-state index contributed by atoms with van der Waals surface area (Å²) in [4.78, 5) is 4.49. The van der Waals surface area contributed by atoms with Crippen LogP contribution in [-0.2, 0) is 6.42 Å². The topological polar surface area (TPSA) is 38.9 Å². The van der Waals surface area contributed by atoms with E-state index < -0.39 is 0 Å². The van der Waals surface area contributed by atoms with E-state index in [1.807, 2.05) is 24.4 Å². The van der Waals surface area contributed by atoms with Crippen molar-refractivity contribution in [2.75, 3.05) is 0 Å². The fourth-order valence-electron chi connectivity index (χ4n) is 2.66. The highest BCUT2D eigenvalue weighted by atomic mass is 14.7. The molecule has 0 radical (unpaired) electrons. The summed E-state index contributed by atoms with van der Waals surface area (Å²) in [5.74, 6) is 0. The summed E-state index contributed by atoms with van der Waals surface area (Å²) in [7, 11) is 0. The van der Waals surface area contributed by atoms with E-state index in [1.54, 1.807) is 0 Å². The van der Waals surface area contributed by atoms with Crippen molar-refractivity contribution in [2.45, 2.75) is 25.8 Å². The maximum atomic E-state index is 6.34. The van der Waals surface area contributed by atoms with Gasteiger partial charge in [0, 0.05) is 17.6 Å². The molecule has 0 fully saturated rings. The molecule has 0 aliphatic carbocycles. The van der Waals surface area contributed by atoms with Crippen LogP contribution in [0.1, 0.15) is 29.2 Å². The highest BCUT2D eigenvalue weighted by molar-refractivity contribution is 5.78. The molecule has 1 heterocycles. The van der Waals surface area contributed by atoms with Gasteiger partial charge in [-0.3, -0.25) is 4.98 Å². The molecular weight excluding hydrogens is 256 g/mol. The van der Waals surface area contributed by atoms with Crippen molar-refractivity contribution in [2.24, 2.45) is 5.73 Å². The number of hydrogen-bond donors (Lipinski definition) is 1. The molecule has 2 heteroatoms. The van der Waals surface area contributed by atoms with Crippen molar-refractivity contribution in [3.63, 3.8) is 0 Å².